The van der Waals surface area contributed by atoms with Gasteiger partial charge in [-0.25, -0.2) is 12.7 Å². The molecule has 0 amide bonds. The number of benzene rings is 1. The Bertz CT molecular complexity index is 817. The number of aryl methyl sites for hydroxylation is 1. The zero-order valence-electron chi connectivity index (χ0n) is 12.6. The third kappa shape index (κ3) is 3.10. The van der Waals surface area contributed by atoms with Gasteiger partial charge >= 0.3 is 5.97 Å². The maximum Gasteiger partial charge on any atom is 0.307 e. The molecule has 1 N–H and O–H groups in total. The van der Waals surface area contributed by atoms with Crippen molar-refractivity contribution >= 4 is 26.9 Å². The molecule has 6 nitrogen and oxygen atoms in total. The van der Waals surface area contributed by atoms with Crippen LogP contribution < -0.4 is 0 Å². The van der Waals surface area contributed by atoms with Gasteiger partial charge in [-0.15, -0.1) is 0 Å². The van der Waals surface area contributed by atoms with E-state index >= 15 is 0 Å². The molecule has 2 rings (SSSR count). The molecule has 0 saturated carbocycles. The van der Waals surface area contributed by atoms with Crippen LogP contribution in [0.1, 0.15) is 12.5 Å². The largest absolute Gasteiger partial charge is 0.481 e. The highest BCUT2D eigenvalue weighted by Gasteiger charge is 2.26. The number of rotatable bonds is 5. The van der Waals surface area contributed by atoms with Gasteiger partial charge in [-0.05, 0) is 24.6 Å². The second kappa shape index (κ2) is 6.02. The summed E-state index contributed by atoms with van der Waals surface area (Å²) in [4.78, 5) is 15.2. The van der Waals surface area contributed by atoms with Crippen LogP contribution in [0.15, 0.2) is 35.4 Å². The van der Waals surface area contributed by atoms with Gasteiger partial charge in [0.15, 0.2) is 0 Å². The first-order valence-corrected chi connectivity index (χ1v) is 8.22. The molecule has 0 spiro atoms. The Balaban J connectivity index is 2.48. The lowest BCUT2D eigenvalue weighted by Gasteiger charge is -2.20. The highest BCUT2D eigenvalue weighted by Crippen LogP contribution is 2.24. The number of sulfonamides is 1. The monoisotopic (exact) mass is 322 g/mol. The van der Waals surface area contributed by atoms with Gasteiger partial charge in [-0.2, -0.15) is 0 Å². The van der Waals surface area contributed by atoms with E-state index in [0.29, 0.717) is 5.52 Å². The molecule has 0 aliphatic rings. The topological polar surface area (TPSA) is 87.6 Å². The van der Waals surface area contributed by atoms with E-state index in [-0.39, 0.29) is 11.4 Å². The lowest BCUT2D eigenvalue weighted by Crippen LogP contribution is -2.33. The number of carbonyl (C=O) groups is 1. The Morgan fingerprint density at radius 1 is 1.41 bits per heavy atom. The van der Waals surface area contributed by atoms with Gasteiger partial charge < -0.3 is 5.11 Å². The molecule has 118 valence electrons. The Labute approximate surface area is 129 Å². The molecule has 22 heavy (non-hydrogen) atoms. The number of carboxylic acid groups (broad SMARTS) is 1. The fourth-order valence-corrected chi connectivity index (χ4v) is 3.60. The lowest BCUT2D eigenvalue weighted by atomic mass is 10.2. The average Bonchev–Trinajstić information content (AvgIpc) is 2.45. The van der Waals surface area contributed by atoms with Gasteiger partial charge in [0.25, 0.3) is 0 Å². The van der Waals surface area contributed by atoms with Crippen molar-refractivity contribution in [2.24, 2.45) is 5.92 Å². The highest BCUT2D eigenvalue weighted by atomic mass is 32.2. The Hall–Kier alpha value is -1.99. The van der Waals surface area contributed by atoms with Crippen molar-refractivity contribution in [3.63, 3.8) is 0 Å². The Morgan fingerprint density at radius 2 is 2.09 bits per heavy atom. The molecule has 0 fully saturated rings. The van der Waals surface area contributed by atoms with Crippen molar-refractivity contribution < 1.29 is 18.3 Å². The molecular weight excluding hydrogens is 304 g/mol. The normalized spacial score (nSPS) is 13.5. The van der Waals surface area contributed by atoms with E-state index in [2.05, 4.69) is 4.98 Å². The van der Waals surface area contributed by atoms with Crippen LogP contribution in [-0.4, -0.2) is 42.4 Å². The standard InChI is InChI=1S/C15H18N2O4S/c1-10-7-12-5-4-6-13(14(12)16-8-10)22(20,21)17(3)9-11(2)15(18)19/h4-8,11H,9H2,1-3H3,(H,18,19). The average molecular weight is 322 g/mol. The van der Waals surface area contributed by atoms with Crippen LogP contribution in [0, 0.1) is 12.8 Å². The van der Waals surface area contributed by atoms with Gasteiger partial charge in [-0.3, -0.25) is 9.78 Å². The van der Waals surface area contributed by atoms with Crippen LogP contribution in [0.3, 0.4) is 0 Å². The van der Waals surface area contributed by atoms with Gasteiger partial charge in [0, 0.05) is 25.2 Å². The molecule has 1 unspecified atom stereocenters. The lowest BCUT2D eigenvalue weighted by molar-refractivity contribution is -0.141. The summed E-state index contributed by atoms with van der Waals surface area (Å²) in [5.74, 6) is -1.82. The zero-order chi connectivity index (χ0) is 16.5. The summed E-state index contributed by atoms with van der Waals surface area (Å²) in [5, 5.41) is 9.67. The summed E-state index contributed by atoms with van der Waals surface area (Å²) in [5.41, 5.74) is 1.33. The van der Waals surface area contributed by atoms with Crippen LogP contribution in [0.5, 0.6) is 0 Å². The first kappa shape index (κ1) is 16.4. The van der Waals surface area contributed by atoms with Crippen LogP contribution in [0.4, 0.5) is 0 Å². The van der Waals surface area contributed by atoms with E-state index < -0.39 is 21.9 Å². The summed E-state index contributed by atoms with van der Waals surface area (Å²) in [6, 6.07) is 6.81. The van der Waals surface area contributed by atoms with E-state index in [1.165, 1.54) is 20.0 Å². The minimum Gasteiger partial charge on any atom is -0.481 e. The quantitative estimate of drug-likeness (QED) is 0.908. The van der Waals surface area contributed by atoms with Crippen LogP contribution in [0.2, 0.25) is 0 Å². The van der Waals surface area contributed by atoms with Crippen molar-refractivity contribution in [3.05, 3.63) is 36.0 Å². The van der Waals surface area contributed by atoms with Crippen molar-refractivity contribution in [3.8, 4) is 0 Å². The molecule has 0 saturated heterocycles. The van der Waals surface area contributed by atoms with Crippen molar-refractivity contribution in [1.82, 2.24) is 9.29 Å². The van der Waals surface area contributed by atoms with E-state index in [1.807, 2.05) is 13.0 Å². The minimum atomic E-state index is -3.80. The first-order valence-electron chi connectivity index (χ1n) is 6.78. The summed E-state index contributed by atoms with van der Waals surface area (Å²) in [6.45, 7) is 3.26. The highest BCUT2D eigenvalue weighted by molar-refractivity contribution is 7.89. The number of nitrogens with zero attached hydrogens (tertiary/aromatic N) is 2. The van der Waals surface area contributed by atoms with E-state index in [0.717, 1.165) is 15.3 Å². The molecule has 0 aliphatic heterocycles. The molecule has 1 aromatic heterocycles. The summed E-state index contributed by atoms with van der Waals surface area (Å²) < 4.78 is 26.4. The van der Waals surface area contributed by atoms with Crippen LogP contribution in [-0.2, 0) is 14.8 Å². The predicted octanol–water partition coefficient (Wildman–Crippen LogP) is 1.88. The fourth-order valence-electron chi connectivity index (χ4n) is 2.18. The van der Waals surface area contributed by atoms with Crippen molar-refractivity contribution in [2.45, 2.75) is 18.7 Å². The number of fused-ring (bicyclic) bond motifs is 1. The molecule has 1 atom stereocenters. The number of pyridine rings is 1. The zero-order valence-corrected chi connectivity index (χ0v) is 13.5. The summed E-state index contributed by atoms with van der Waals surface area (Å²) in [7, 11) is -2.42. The fraction of sp³-hybridized carbons (Fsp3) is 0.333. The number of carboxylic acids is 1. The number of hydrogen-bond donors (Lipinski definition) is 1. The molecule has 1 aromatic carbocycles. The van der Waals surface area contributed by atoms with Gasteiger partial charge in [0.1, 0.15) is 4.90 Å². The molecule has 7 heteroatoms. The van der Waals surface area contributed by atoms with Crippen molar-refractivity contribution in [1.29, 1.82) is 0 Å². The van der Waals surface area contributed by atoms with Crippen molar-refractivity contribution in [2.75, 3.05) is 13.6 Å². The molecule has 0 bridgehead atoms. The molecule has 0 radical (unpaired) electrons. The van der Waals surface area contributed by atoms with E-state index in [1.54, 1.807) is 18.3 Å². The van der Waals surface area contributed by atoms with Gasteiger partial charge in [0.05, 0.1) is 11.4 Å². The molecule has 1 heterocycles. The third-order valence-corrected chi connectivity index (χ3v) is 5.31. The molecule has 0 aliphatic carbocycles. The van der Waals surface area contributed by atoms with Crippen LogP contribution in [0.25, 0.3) is 10.9 Å². The second-order valence-corrected chi connectivity index (χ2v) is 7.38. The second-order valence-electron chi connectivity index (χ2n) is 5.37. The first-order chi connectivity index (χ1) is 10.2. The smallest absolute Gasteiger partial charge is 0.307 e. The van der Waals surface area contributed by atoms with Gasteiger partial charge in [0.2, 0.25) is 10.0 Å². The molecule has 2 aromatic rings. The number of aromatic nitrogens is 1. The SMILES string of the molecule is Cc1cnc2c(S(=O)(=O)N(C)CC(C)C(=O)O)cccc2c1. The maximum atomic E-state index is 12.7. The number of hydrogen-bond acceptors (Lipinski definition) is 4. The number of para-hydroxylation sites is 1. The summed E-state index contributed by atoms with van der Waals surface area (Å²) in [6.07, 6.45) is 1.61. The van der Waals surface area contributed by atoms with Gasteiger partial charge in [-0.1, -0.05) is 19.1 Å². The minimum absolute atomic E-state index is 0.0880. The summed E-state index contributed by atoms with van der Waals surface area (Å²) >= 11 is 0. The maximum absolute atomic E-state index is 12.7. The number of aliphatic carboxylic acids is 1. The van der Waals surface area contributed by atoms with E-state index in [9.17, 15) is 13.2 Å². The Kier molecular flexibility index (Phi) is 4.48. The third-order valence-electron chi connectivity index (χ3n) is 3.45. The van der Waals surface area contributed by atoms with Crippen LogP contribution >= 0.6 is 0 Å². The molecular formula is C15H18N2O4S. The predicted molar refractivity (Wildman–Crippen MR) is 83.1 cm³/mol. The van der Waals surface area contributed by atoms with E-state index in [4.69, 9.17) is 5.11 Å². The Morgan fingerprint density at radius 3 is 2.73 bits per heavy atom.